The Morgan fingerprint density at radius 3 is 3.00 bits per heavy atom. The van der Waals surface area contributed by atoms with Crippen LogP contribution in [-0.2, 0) is 6.42 Å². The third-order valence-corrected chi connectivity index (χ3v) is 4.35. The zero-order chi connectivity index (χ0) is 16.8. The Bertz CT molecular complexity index is 656. The second-order valence-corrected chi connectivity index (χ2v) is 6.14. The van der Waals surface area contributed by atoms with E-state index in [2.05, 4.69) is 22.4 Å². The van der Waals surface area contributed by atoms with Gasteiger partial charge in [0.1, 0.15) is 0 Å². The molecule has 1 aromatic carbocycles. The lowest BCUT2D eigenvalue weighted by atomic mass is 10.1. The van der Waals surface area contributed by atoms with Crippen LogP contribution in [0.25, 0.3) is 11.5 Å². The number of hydrogen-bond donors (Lipinski definition) is 1. The number of carbonyl (C=O) groups is 1. The molecule has 1 aliphatic rings. The molecule has 2 aromatic rings. The van der Waals surface area contributed by atoms with Crippen LogP contribution >= 0.6 is 0 Å². The number of amides is 2. The molecule has 1 saturated heterocycles. The van der Waals surface area contributed by atoms with Gasteiger partial charge in [-0.25, -0.2) is 4.79 Å². The summed E-state index contributed by atoms with van der Waals surface area (Å²) < 4.78 is 5.34. The van der Waals surface area contributed by atoms with Gasteiger partial charge in [-0.2, -0.15) is 4.98 Å². The van der Waals surface area contributed by atoms with E-state index >= 15 is 0 Å². The molecule has 1 unspecified atom stereocenters. The number of hydrogen-bond acceptors (Lipinski definition) is 4. The van der Waals surface area contributed by atoms with E-state index in [1.165, 1.54) is 0 Å². The molecule has 1 fully saturated rings. The van der Waals surface area contributed by atoms with Crippen molar-refractivity contribution in [3.05, 3.63) is 36.2 Å². The zero-order valence-electron chi connectivity index (χ0n) is 14.1. The lowest BCUT2D eigenvalue weighted by molar-refractivity contribution is 0.190. The first kappa shape index (κ1) is 16.5. The van der Waals surface area contributed by atoms with Gasteiger partial charge in [-0.3, -0.25) is 0 Å². The number of nitrogens with zero attached hydrogens (tertiary/aromatic N) is 3. The topological polar surface area (TPSA) is 71.3 Å². The highest BCUT2D eigenvalue weighted by Gasteiger charge is 2.28. The standard InChI is InChI=1S/C18H24N4O2/c1-2-12-19-18(23)22-13-6-9-15(22)10-11-16-20-17(24-21-16)14-7-4-3-5-8-14/h3-5,7-8,15H,2,6,9-13H2,1H3,(H,19,23). The Morgan fingerprint density at radius 1 is 1.38 bits per heavy atom. The van der Waals surface area contributed by atoms with Gasteiger partial charge in [-0.1, -0.05) is 30.3 Å². The molecule has 2 heterocycles. The molecule has 128 valence electrons. The predicted molar refractivity (Wildman–Crippen MR) is 91.5 cm³/mol. The van der Waals surface area contributed by atoms with Crippen LogP contribution in [0.5, 0.6) is 0 Å². The lowest BCUT2D eigenvalue weighted by Gasteiger charge is -2.24. The Kier molecular flexibility index (Phi) is 5.46. The first-order valence-corrected chi connectivity index (χ1v) is 8.70. The summed E-state index contributed by atoms with van der Waals surface area (Å²) in [6.45, 7) is 3.62. The van der Waals surface area contributed by atoms with Crippen LogP contribution in [0.1, 0.15) is 38.4 Å². The van der Waals surface area contributed by atoms with Crippen LogP contribution in [0, 0.1) is 0 Å². The lowest BCUT2D eigenvalue weighted by Crippen LogP contribution is -2.43. The summed E-state index contributed by atoms with van der Waals surface area (Å²) in [4.78, 5) is 18.6. The smallest absolute Gasteiger partial charge is 0.317 e. The first-order chi connectivity index (χ1) is 11.8. The van der Waals surface area contributed by atoms with Crippen molar-refractivity contribution in [1.29, 1.82) is 0 Å². The van der Waals surface area contributed by atoms with Crippen LogP contribution in [0.2, 0.25) is 0 Å². The van der Waals surface area contributed by atoms with Gasteiger partial charge < -0.3 is 14.7 Å². The summed E-state index contributed by atoms with van der Waals surface area (Å²) in [7, 11) is 0. The second kappa shape index (κ2) is 7.95. The van der Waals surface area contributed by atoms with Gasteiger partial charge in [0.05, 0.1) is 0 Å². The highest BCUT2D eigenvalue weighted by atomic mass is 16.5. The fourth-order valence-corrected chi connectivity index (χ4v) is 3.09. The molecule has 6 nitrogen and oxygen atoms in total. The van der Waals surface area contributed by atoms with Crippen molar-refractivity contribution in [2.45, 2.75) is 45.1 Å². The van der Waals surface area contributed by atoms with E-state index in [1.54, 1.807) is 0 Å². The van der Waals surface area contributed by atoms with Gasteiger partial charge in [0.25, 0.3) is 5.89 Å². The van der Waals surface area contributed by atoms with Gasteiger partial charge in [0, 0.05) is 31.1 Å². The number of urea groups is 1. The fraction of sp³-hybridized carbons (Fsp3) is 0.500. The molecule has 1 atom stereocenters. The third-order valence-electron chi connectivity index (χ3n) is 4.35. The maximum Gasteiger partial charge on any atom is 0.317 e. The van der Waals surface area contributed by atoms with E-state index < -0.39 is 0 Å². The number of carbonyl (C=O) groups excluding carboxylic acids is 1. The minimum atomic E-state index is 0.0532. The largest absolute Gasteiger partial charge is 0.338 e. The first-order valence-electron chi connectivity index (χ1n) is 8.70. The van der Waals surface area contributed by atoms with Crippen molar-refractivity contribution >= 4 is 6.03 Å². The van der Waals surface area contributed by atoms with E-state index in [-0.39, 0.29) is 12.1 Å². The highest BCUT2D eigenvalue weighted by Crippen LogP contribution is 2.22. The van der Waals surface area contributed by atoms with Crippen molar-refractivity contribution in [1.82, 2.24) is 20.4 Å². The minimum Gasteiger partial charge on any atom is -0.338 e. The van der Waals surface area contributed by atoms with Crippen LogP contribution in [0.3, 0.4) is 0 Å². The van der Waals surface area contributed by atoms with Gasteiger partial charge in [-0.15, -0.1) is 0 Å². The molecular weight excluding hydrogens is 304 g/mol. The molecule has 0 spiro atoms. The molecule has 0 bridgehead atoms. The summed E-state index contributed by atoms with van der Waals surface area (Å²) in [6, 6.07) is 10.1. The van der Waals surface area contributed by atoms with Crippen molar-refractivity contribution in [3.63, 3.8) is 0 Å². The van der Waals surface area contributed by atoms with Crippen molar-refractivity contribution in [2.75, 3.05) is 13.1 Å². The van der Waals surface area contributed by atoms with E-state index in [1.807, 2.05) is 35.2 Å². The van der Waals surface area contributed by atoms with Crippen LogP contribution < -0.4 is 5.32 Å². The predicted octanol–water partition coefficient (Wildman–Crippen LogP) is 3.25. The highest BCUT2D eigenvalue weighted by molar-refractivity contribution is 5.74. The quantitative estimate of drug-likeness (QED) is 0.883. The molecule has 0 saturated carbocycles. The average molecular weight is 328 g/mol. The maximum atomic E-state index is 12.2. The van der Waals surface area contributed by atoms with Crippen LogP contribution in [0.15, 0.2) is 34.9 Å². The molecule has 1 N–H and O–H groups in total. The van der Waals surface area contributed by atoms with Crippen LogP contribution in [-0.4, -0.2) is 40.2 Å². The average Bonchev–Trinajstić information content (AvgIpc) is 3.27. The normalized spacial score (nSPS) is 17.2. The maximum absolute atomic E-state index is 12.2. The van der Waals surface area contributed by atoms with E-state index in [0.717, 1.165) is 50.8 Å². The number of likely N-dealkylation sites (tertiary alicyclic amines) is 1. The zero-order valence-corrected chi connectivity index (χ0v) is 14.1. The number of aromatic nitrogens is 2. The molecular formula is C18H24N4O2. The third kappa shape index (κ3) is 3.93. The van der Waals surface area contributed by atoms with E-state index in [0.29, 0.717) is 11.7 Å². The van der Waals surface area contributed by atoms with Crippen LogP contribution in [0.4, 0.5) is 4.79 Å². The monoisotopic (exact) mass is 328 g/mol. The molecule has 0 radical (unpaired) electrons. The van der Waals surface area contributed by atoms with Gasteiger partial charge >= 0.3 is 6.03 Å². The molecule has 3 rings (SSSR count). The summed E-state index contributed by atoms with van der Waals surface area (Å²) >= 11 is 0. The fourth-order valence-electron chi connectivity index (χ4n) is 3.09. The number of rotatable bonds is 6. The van der Waals surface area contributed by atoms with Crippen molar-refractivity contribution in [2.24, 2.45) is 0 Å². The SMILES string of the molecule is CCCNC(=O)N1CCCC1CCc1noc(-c2ccccc2)n1. The van der Waals surface area contributed by atoms with E-state index in [9.17, 15) is 4.79 Å². The van der Waals surface area contributed by atoms with Gasteiger partial charge in [0.15, 0.2) is 5.82 Å². The second-order valence-electron chi connectivity index (χ2n) is 6.14. The Labute approximate surface area is 142 Å². The molecule has 24 heavy (non-hydrogen) atoms. The molecule has 6 heteroatoms. The van der Waals surface area contributed by atoms with Gasteiger partial charge in [0.2, 0.25) is 0 Å². The number of benzene rings is 1. The Hall–Kier alpha value is -2.37. The molecule has 1 aromatic heterocycles. The van der Waals surface area contributed by atoms with Crippen molar-refractivity contribution in [3.8, 4) is 11.5 Å². The Morgan fingerprint density at radius 2 is 2.21 bits per heavy atom. The van der Waals surface area contributed by atoms with Crippen molar-refractivity contribution < 1.29 is 9.32 Å². The summed E-state index contributed by atoms with van der Waals surface area (Å²) in [5.74, 6) is 1.25. The molecule has 2 amide bonds. The number of nitrogens with one attached hydrogen (secondary N) is 1. The summed E-state index contributed by atoms with van der Waals surface area (Å²) in [5, 5.41) is 7.03. The van der Waals surface area contributed by atoms with Gasteiger partial charge in [-0.05, 0) is 37.8 Å². The Balaban J connectivity index is 1.55. The summed E-state index contributed by atoms with van der Waals surface area (Å²) in [5.41, 5.74) is 0.928. The minimum absolute atomic E-state index is 0.0532. The molecule has 0 aliphatic carbocycles. The molecule has 1 aliphatic heterocycles. The number of aryl methyl sites for hydroxylation is 1. The summed E-state index contributed by atoms with van der Waals surface area (Å²) in [6.07, 6.45) is 4.65. The van der Waals surface area contributed by atoms with E-state index in [4.69, 9.17) is 4.52 Å².